The van der Waals surface area contributed by atoms with Gasteiger partial charge in [0.25, 0.3) is 5.91 Å². The summed E-state index contributed by atoms with van der Waals surface area (Å²) in [6, 6.07) is 0.671. The molecule has 3 aliphatic carbocycles. The zero-order chi connectivity index (χ0) is 31.2. The molecule has 0 aromatic carbocycles. The van der Waals surface area contributed by atoms with E-state index in [9.17, 15) is 9.59 Å². The number of thioether (sulfide) groups is 1. The van der Waals surface area contributed by atoms with Gasteiger partial charge in [-0.15, -0.1) is 11.8 Å². The SMILES string of the molecule is C=NC1=C(SCNC(=O)C2CC(N3CCN(C(=O)C4CCCO4)CC3C)C2)C=C(c2cnc(COC3CCCC3)nc2)CC=C1. The van der Waals surface area contributed by atoms with Crippen molar-refractivity contribution in [1.29, 1.82) is 0 Å². The lowest BCUT2D eigenvalue weighted by molar-refractivity contribution is -0.145. The van der Waals surface area contributed by atoms with E-state index in [1.54, 1.807) is 11.8 Å². The first-order chi connectivity index (χ1) is 22.0. The molecular formula is C34H46N6O4S. The second-order valence-electron chi connectivity index (χ2n) is 12.8. The van der Waals surface area contributed by atoms with Gasteiger partial charge in [-0.05, 0) is 76.3 Å². The third-order valence-corrected chi connectivity index (χ3v) is 10.7. The Morgan fingerprint density at radius 3 is 2.67 bits per heavy atom. The second kappa shape index (κ2) is 15.2. The number of aliphatic imine (C=N–C) groups is 1. The van der Waals surface area contributed by atoms with Crippen molar-refractivity contribution in [2.75, 3.05) is 32.1 Å². The van der Waals surface area contributed by atoms with Gasteiger partial charge in [-0.1, -0.05) is 18.9 Å². The van der Waals surface area contributed by atoms with Crippen LogP contribution in [0.5, 0.6) is 0 Å². The molecule has 2 unspecified atom stereocenters. The van der Waals surface area contributed by atoms with Crippen LogP contribution in [0.1, 0.15) is 76.1 Å². The summed E-state index contributed by atoms with van der Waals surface area (Å²) in [6.45, 7) is 9.40. The van der Waals surface area contributed by atoms with Crippen molar-refractivity contribution >= 4 is 35.9 Å². The molecule has 6 rings (SSSR count). The number of nitrogens with zero attached hydrogens (tertiary/aromatic N) is 5. The molecule has 0 bridgehead atoms. The van der Waals surface area contributed by atoms with Crippen molar-refractivity contribution in [1.82, 2.24) is 25.1 Å². The van der Waals surface area contributed by atoms with E-state index in [4.69, 9.17) is 9.47 Å². The molecule has 10 nitrogen and oxygen atoms in total. The van der Waals surface area contributed by atoms with Gasteiger partial charge >= 0.3 is 0 Å². The Labute approximate surface area is 270 Å². The Morgan fingerprint density at radius 1 is 1.16 bits per heavy atom. The van der Waals surface area contributed by atoms with Gasteiger partial charge in [-0.2, -0.15) is 0 Å². The first-order valence-electron chi connectivity index (χ1n) is 16.6. The van der Waals surface area contributed by atoms with Crippen LogP contribution in [0.2, 0.25) is 0 Å². The number of carbonyl (C=O) groups is 2. The number of hydrogen-bond acceptors (Lipinski definition) is 9. The van der Waals surface area contributed by atoms with Crippen LogP contribution in [0.15, 0.2) is 46.2 Å². The van der Waals surface area contributed by atoms with Crippen molar-refractivity contribution in [2.24, 2.45) is 10.9 Å². The summed E-state index contributed by atoms with van der Waals surface area (Å²) in [6.07, 6.45) is 19.0. The number of ether oxygens (including phenoxy) is 2. The van der Waals surface area contributed by atoms with Crippen LogP contribution in [0.3, 0.4) is 0 Å². The molecule has 3 heterocycles. The summed E-state index contributed by atoms with van der Waals surface area (Å²) in [4.78, 5) is 44.6. The van der Waals surface area contributed by atoms with Crippen molar-refractivity contribution in [3.63, 3.8) is 0 Å². The molecule has 1 aromatic rings. The zero-order valence-electron chi connectivity index (χ0n) is 26.4. The first-order valence-corrected chi connectivity index (χ1v) is 17.5. The summed E-state index contributed by atoms with van der Waals surface area (Å²) in [5, 5.41) is 3.13. The number of rotatable bonds is 11. The maximum atomic E-state index is 13.0. The number of aromatic nitrogens is 2. The van der Waals surface area contributed by atoms with Crippen LogP contribution in [0.25, 0.3) is 5.57 Å². The van der Waals surface area contributed by atoms with E-state index in [0.717, 1.165) is 86.3 Å². The minimum Gasteiger partial charge on any atom is -0.370 e. The van der Waals surface area contributed by atoms with E-state index in [1.165, 1.54) is 12.8 Å². The minimum absolute atomic E-state index is 0.0220. The molecule has 4 fully saturated rings. The van der Waals surface area contributed by atoms with Gasteiger partial charge in [0, 0.05) is 67.1 Å². The Bertz CT molecular complexity index is 1310. The fraction of sp³-hybridized carbons (Fsp3) is 0.618. The summed E-state index contributed by atoms with van der Waals surface area (Å²) >= 11 is 1.56. The van der Waals surface area contributed by atoms with E-state index >= 15 is 0 Å². The molecule has 2 atom stereocenters. The molecule has 1 N–H and O–H groups in total. The zero-order valence-corrected chi connectivity index (χ0v) is 27.2. The summed E-state index contributed by atoms with van der Waals surface area (Å²) < 4.78 is 11.6. The first kappa shape index (κ1) is 32.1. The van der Waals surface area contributed by atoms with Crippen LogP contribution >= 0.6 is 11.8 Å². The molecule has 2 saturated heterocycles. The lowest BCUT2D eigenvalue weighted by Crippen LogP contribution is -2.61. The highest BCUT2D eigenvalue weighted by Gasteiger charge is 2.42. The average Bonchev–Trinajstić information content (AvgIpc) is 3.73. The van der Waals surface area contributed by atoms with Crippen molar-refractivity contribution in [3.05, 3.63) is 52.6 Å². The molecule has 45 heavy (non-hydrogen) atoms. The molecule has 11 heteroatoms. The Kier molecular flexibility index (Phi) is 10.8. The third-order valence-electron chi connectivity index (χ3n) is 9.79. The van der Waals surface area contributed by atoms with Crippen molar-refractivity contribution in [3.8, 4) is 0 Å². The fourth-order valence-electron chi connectivity index (χ4n) is 7.05. The predicted octanol–water partition coefficient (Wildman–Crippen LogP) is 4.49. The summed E-state index contributed by atoms with van der Waals surface area (Å²) in [5.41, 5.74) is 2.85. The van der Waals surface area contributed by atoms with Gasteiger partial charge in [0.1, 0.15) is 12.7 Å². The van der Waals surface area contributed by atoms with E-state index in [-0.39, 0.29) is 29.9 Å². The van der Waals surface area contributed by atoms with E-state index < -0.39 is 0 Å². The van der Waals surface area contributed by atoms with Gasteiger partial charge in [0.05, 0.1) is 17.7 Å². The second-order valence-corrected chi connectivity index (χ2v) is 13.8. The van der Waals surface area contributed by atoms with Crippen LogP contribution in [-0.2, 0) is 25.7 Å². The highest BCUT2D eigenvalue weighted by atomic mass is 32.2. The lowest BCUT2D eigenvalue weighted by Gasteiger charge is -2.49. The summed E-state index contributed by atoms with van der Waals surface area (Å²) in [5.74, 6) is 1.43. The molecule has 242 valence electrons. The lowest BCUT2D eigenvalue weighted by atomic mass is 9.78. The minimum atomic E-state index is -0.254. The third kappa shape index (κ3) is 7.93. The number of piperazine rings is 1. The van der Waals surface area contributed by atoms with E-state index in [0.29, 0.717) is 37.1 Å². The monoisotopic (exact) mass is 634 g/mol. The maximum Gasteiger partial charge on any atom is 0.251 e. The highest BCUT2D eigenvalue weighted by molar-refractivity contribution is 8.03. The smallest absolute Gasteiger partial charge is 0.251 e. The van der Waals surface area contributed by atoms with Gasteiger partial charge in [-0.25, -0.2) is 9.97 Å². The van der Waals surface area contributed by atoms with E-state index in [1.807, 2.05) is 23.4 Å². The molecular weight excluding hydrogens is 588 g/mol. The normalized spacial score (nSPS) is 27.7. The van der Waals surface area contributed by atoms with Gasteiger partial charge in [-0.3, -0.25) is 19.5 Å². The number of nitrogens with one attached hydrogen (secondary N) is 1. The topological polar surface area (TPSA) is 109 Å². The molecule has 5 aliphatic rings. The largest absolute Gasteiger partial charge is 0.370 e. The molecule has 2 saturated carbocycles. The average molecular weight is 635 g/mol. The Balaban J connectivity index is 0.960. The molecule has 2 aliphatic heterocycles. The van der Waals surface area contributed by atoms with Crippen LogP contribution in [0.4, 0.5) is 0 Å². The van der Waals surface area contributed by atoms with Crippen LogP contribution in [0, 0.1) is 5.92 Å². The Hall–Kier alpha value is -2.86. The number of allylic oxidation sites excluding steroid dienone is 4. The van der Waals surface area contributed by atoms with Crippen molar-refractivity contribution in [2.45, 2.75) is 95.6 Å². The number of hydrogen-bond donors (Lipinski definition) is 1. The molecule has 0 spiro atoms. The quantitative estimate of drug-likeness (QED) is 0.280. The standard InChI is InChI=1S/C34H46N6O4S/c1-23-20-39(34(42)30-11-6-14-43-30)12-13-40(23)27-15-25(16-27)33(41)38-22-45-31-17-24(7-5-10-29(31)35-2)26-18-36-32(37-19-26)21-44-28-8-3-4-9-28/h5,10,17-19,23,25,27-28,30H,2-4,6-9,11-16,20-22H2,1H3,(H,38,41). The van der Waals surface area contributed by atoms with Crippen LogP contribution in [-0.4, -0.2) is 94.7 Å². The number of amides is 2. The predicted molar refractivity (Wildman–Crippen MR) is 176 cm³/mol. The Morgan fingerprint density at radius 2 is 1.96 bits per heavy atom. The fourth-order valence-corrected chi connectivity index (χ4v) is 7.93. The maximum absolute atomic E-state index is 13.0. The number of carbonyl (C=O) groups excluding carboxylic acids is 2. The van der Waals surface area contributed by atoms with Gasteiger partial charge < -0.3 is 19.7 Å². The highest BCUT2D eigenvalue weighted by Crippen LogP contribution is 2.35. The molecule has 0 radical (unpaired) electrons. The van der Waals surface area contributed by atoms with Gasteiger partial charge in [0.2, 0.25) is 5.91 Å². The molecule has 1 aromatic heterocycles. The summed E-state index contributed by atoms with van der Waals surface area (Å²) in [7, 11) is 0. The van der Waals surface area contributed by atoms with Crippen molar-refractivity contribution < 1.29 is 19.1 Å². The van der Waals surface area contributed by atoms with E-state index in [2.05, 4.69) is 51.0 Å². The van der Waals surface area contributed by atoms with Crippen LogP contribution < -0.4 is 5.32 Å². The van der Waals surface area contributed by atoms with Gasteiger partial charge in [0.15, 0.2) is 5.82 Å². The molecule has 2 amide bonds.